The van der Waals surface area contributed by atoms with Gasteiger partial charge in [0.2, 0.25) is 0 Å². The standard InChI is InChI=1S/C21H26N2O/c1-15-12-16(2)20(17(3)13-15)21(24)22-14-19-10-7-11-23(19)18-8-5-4-6-9-18/h4-6,8-9,12-13,19H,7,10-11,14H2,1-3H3,(H,22,24). The van der Waals surface area contributed by atoms with Crippen LogP contribution in [0.4, 0.5) is 5.69 Å². The molecule has 3 heteroatoms. The molecule has 2 aromatic carbocycles. The number of para-hydroxylation sites is 1. The SMILES string of the molecule is Cc1cc(C)c(C(=O)NCC2CCCN2c2ccccc2)c(C)c1. The number of amides is 1. The molecule has 24 heavy (non-hydrogen) atoms. The molecular formula is C21H26N2O. The first-order valence-electron chi connectivity index (χ1n) is 8.74. The van der Waals surface area contributed by atoms with Gasteiger partial charge in [-0.1, -0.05) is 35.9 Å². The van der Waals surface area contributed by atoms with Crippen molar-refractivity contribution in [2.24, 2.45) is 0 Å². The van der Waals surface area contributed by atoms with Gasteiger partial charge in [0.15, 0.2) is 0 Å². The normalized spacial score (nSPS) is 17.1. The molecule has 1 saturated heterocycles. The first-order chi connectivity index (χ1) is 11.6. The second-order valence-corrected chi connectivity index (χ2v) is 6.81. The number of nitrogens with one attached hydrogen (secondary N) is 1. The summed E-state index contributed by atoms with van der Waals surface area (Å²) in [6, 6.07) is 15.0. The predicted molar refractivity (Wildman–Crippen MR) is 99.8 cm³/mol. The molecule has 0 bridgehead atoms. The predicted octanol–water partition coefficient (Wildman–Crippen LogP) is 4.01. The Bertz CT molecular complexity index is 701. The Kier molecular flexibility index (Phi) is 4.89. The van der Waals surface area contributed by atoms with Gasteiger partial charge in [-0.15, -0.1) is 0 Å². The quantitative estimate of drug-likeness (QED) is 0.922. The maximum atomic E-state index is 12.7. The Morgan fingerprint density at radius 3 is 2.46 bits per heavy atom. The molecule has 1 fully saturated rings. The van der Waals surface area contributed by atoms with E-state index in [1.54, 1.807) is 0 Å². The Labute approximate surface area is 144 Å². The van der Waals surface area contributed by atoms with Crippen LogP contribution < -0.4 is 10.2 Å². The maximum absolute atomic E-state index is 12.7. The van der Waals surface area contributed by atoms with Gasteiger partial charge in [0.1, 0.15) is 0 Å². The molecule has 1 atom stereocenters. The molecule has 1 heterocycles. The average Bonchev–Trinajstić information content (AvgIpc) is 3.01. The van der Waals surface area contributed by atoms with Crippen LogP contribution >= 0.6 is 0 Å². The molecule has 0 saturated carbocycles. The Morgan fingerprint density at radius 1 is 1.12 bits per heavy atom. The van der Waals surface area contributed by atoms with Crippen LogP contribution in [-0.2, 0) is 0 Å². The average molecular weight is 322 g/mol. The lowest BCUT2D eigenvalue weighted by atomic mass is 9.99. The number of benzene rings is 2. The van der Waals surface area contributed by atoms with Crippen LogP contribution in [0.3, 0.4) is 0 Å². The van der Waals surface area contributed by atoms with Crippen molar-refractivity contribution in [2.75, 3.05) is 18.0 Å². The largest absolute Gasteiger partial charge is 0.367 e. The highest BCUT2D eigenvalue weighted by Crippen LogP contribution is 2.25. The van der Waals surface area contributed by atoms with Crippen LogP contribution in [0.25, 0.3) is 0 Å². The van der Waals surface area contributed by atoms with Crippen LogP contribution in [0.5, 0.6) is 0 Å². The summed E-state index contributed by atoms with van der Waals surface area (Å²) < 4.78 is 0. The van der Waals surface area contributed by atoms with E-state index in [0.29, 0.717) is 12.6 Å². The zero-order chi connectivity index (χ0) is 17.1. The van der Waals surface area contributed by atoms with E-state index in [0.717, 1.165) is 29.7 Å². The van der Waals surface area contributed by atoms with E-state index in [2.05, 4.69) is 53.5 Å². The first-order valence-corrected chi connectivity index (χ1v) is 8.74. The molecule has 3 nitrogen and oxygen atoms in total. The highest BCUT2D eigenvalue weighted by atomic mass is 16.1. The van der Waals surface area contributed by atoms with Crippen molar-refractivity contribution in [1.29, 1.82) is 0 Å². The van der Waals surface area contributed by atoms with Crippen LogP contribution in [0, 0.1) is 20.8 Å². The number of carbonyl (C=O) groups excluding carboxylic acids is 1. The lowest BCUT2D eigenvalue weighted by molar-refractivity contribution is 0.0950. The highest BCUT2D eigenvalue weighted by molar-refractivity contribution is 5.97. The van der Waals surface area contributed by atoms with Gasteiger partial charge in [-0.25, -0.2) is 0 Å². The van der Waals surface area contributed by atoms with Crippen molar-refractivity contribution in [3.05, 3.63) is 64.7 Å². The molecule has 1 aliphatic heterocycles. The van der Waals surface area contributed by atoms with Gasteiger partial charge < -0.3 is 10.2 Å². The molecule has 0 radical (unpaired) electrons. The van der Waals surface area contributed by atoms with Gasteiger partial charge in [-0.3, -0.25) is 4.79 Å². The molecular weight excluding hydrogens is 296 g/mol. The molecule has 1 N–H and O–H groups in total. The van der Waals surface area contributed by atoms with Gasteiger partial charge in [-0.2, -0.15) is 0 Å². The summed E-state index contributed by atoms with van der Waals surface area (Å²) in [5, 5.41) is 3.16. The van der Waals surface area contributed by atoms with E-state index in [9.17, 15) is 4.79 Å². The molecule has 126 valence electrons. The second-order valence-electron chi connectivity index (χ2n) is 6.81. The minimum Gasteiger partial charge on any atom is -0.367 e. The number of hydrogen-bond donors (Lipinski definition) is 1. The van der Waals surface area contributed by atoms with E-state index in [-0.39, 0.29) is 5.91 Å². The number of carbonyl (C=O) groups is 1. The summed E-state index contributed by atoms with van der Waals surface area (Å²) in [5.74, 6) is 0.0462. The minimum absolute atomic E-state index is 0.0462. The minimum atomic E-state index is 0.0462. The molecule has 1 aliphatic rings. The number of rotatable bonds is 4. The third-order valence-electron chi connectivity index (χ3n) is 4.87. The van der Waals surface area contributed by atoms with Crippen LogP contribution in [0.2, 0.25) is 0 Å². The summed E-state index contributed by atoms with van der Waals surface area (Å²) >= 11 is 0. The monoisotopic (exact) mass is 322 g/mol. The zero-order valence-corrected chi connectivity index (χ0v) is 14.8. The van der Waals surface area contributed by atoms with Crippen LogP contribution in [-0.4, -0.2) is 25.0 Å². The fraction of sp³-hybridized carbons (Fsp3) is 0.381. The van der Waals surface area contributed by atoms with Crippen molar-refractivity contribution in [1.82, 2.24) is 5.32 Å². The second kappa shape index (κ2) is 7.08. The molecule has 2 aromatic rings. The Morgan fingerprint density at radius 2 is 1.79 bits per heavy atom. The van der Waals surface area contributed by atoms with Gasteiger partial charge in [0.25, 0.3) is 5.91 Å². The Hall–Kier alpha value is -2.29. The molecule has 0 aliphatic carbocycles. The van der Waals surface area contributed by atoms with Crippen molar-refractivity contribution in [3.63, 3.8) is 0 Å². The van der Waals surface area contributed by atoms with Crippen molar-refractivity contribution in [3.8, 4) is 0 Å². The topological polar surface area (TPSA) is 32.3 Å². The first kappa shape index (κ1) is 16.6. The van der Waals surface area contributed by atoms with E-state index in [1.807, 2.05) is 19.9 Å². The van der Waals surface area contributed by atoms with Crippen molar-refractivity contribution in [2.45, 2.75) is 39.7 Å². The summed E-state index contributed by atoms with van der Waals surface area (Å²) in [6.45, 7) is 7.85. The number of aryl methyl sites for hydroxylation is 3. The summed E-state index contributed by atoms with van der Waals surface area (Å²) in [6.07, 6.45) is 2.30. The molecule has 0 aromatic heterocycles. The smallest absolute Gasteiger partial charge is 0.251 e. The molecule has 0 spiro atoms. The van der Waals surface area contributed by atoms with Gasteiger partial charge in [-0.05, 0) is 56.9 Å². The van der Waals surface area contributed by atoms with Crippen molar-refractivity contribution < 1.29 is 4.79 Å². The lowest BCUT2D eigenvalue weighted by Crippen LogP contribution is -2.40. The van der Waals surface area contributed by atoms with Crippen molar-refractivity contribution >= 4 is 11.6 Å². The third-order valence-corrected chi connectivity index (χ3v) is 4.87. The van der Waals surface area contributed by atoms with E-state index >= 15 is 0 Å². The maximum Gasteiger partial charge on any atom is 0.251 e. The van der Waals surface area contributed by atoms with Gasteiger partial charge in [0, 0.05) is 30.4 Å². The molecule has 1 amide bonds. The molecule has 1 unspecified atom stereocenters. The van der Waals surface area contributed by atoms with Gasteiger partial charge in [0.05, 0.1) is 0 Å². The number of nitrogens with zero attached hydrogens (tertiary/aromatic N) is 1. The number of hydrogen-bond acceptors (Lipinski definition) is 2. The fourth-order valence-corrected chi connectivity index (χ4v) is 3.84. The summed E-state index contributed by atoms with van der Waals surface area (Å²) in [4.78, 5) is 15.1. The zero-order valence-electron chi connectivity index (χ0n) is 14.8. The van der Waals surface area contributed by atoms with E-state index in [1.165, 1.54) is 17.7 Å². The molecule has 3 rings (SSSR count). The summed E-state index contributed by atoms with van der Waals surface area (Å²) in [7, 11) is 0. The highest BCUT2D eigenvalue weighted by Gasteiger charge is 2.25. The Balaban J connectivity index is 1.68. The van der Waals surface area contributed by atoms with Crippen LogP contribution in [0.1, 0.15) is 39.9 Å². The van der Waals surface area contributed by atoms with Crippen LogP contribution in [0.15, 0.2) is 42.5 Å². The van der Waals surface area contributed by atoms with E-state index in [4.69, 9.17) is 0 Å². The van der Waals surface area contributed by atoms with Gasteiger partial charge >= 0.3 is 0 Å². The lowest BCUT2D eigenvalue weighted by Gasteiger charge is -2.27. The van der Waals surface area contributed by atoms with E-state index < -0.39 is 0 Å². The fourth-order valence-electron chi connectivity index (χ4n) is 3.84. The third kappa shape index (κ3) is 3.45. The number of anilines is 1. The summed E-state index contributed by atoms with van der Waals surface area (Å²) in [5.41, 5.74) is 5.38.